The number of hydrogen-bond donors (Lipinski definition) is 2. The zero-order chi connectivity index (χ0) is 21.3. The number of nitrogens with one attached hydrogen (secondary N) is 2. The van der Waals surface area contributed by atoms with Crippen LogP contribution in [0.4, 0.5) is 4.79 Å². The first-order valence-corrected chi connectivity index (χ1v) is 12.0. The second-order valence-corrected chi connectivity index (χ2v) is 9.71. The number of aryl methyl sites for hydroxylation is 1. The van der Waals surface area contributed by atoms with Gasteiger partial charge in [-0.1, -0.05) is 50.3 Å². The summed E-state index contributed by atoms with van der Waals surface area (Å²) in [7, 11) is 0. The first-order valence-electron chi connectivity index (χ1n) is 11.1. The van der Waals surface area contributed by atoms with Gasteiger partial charge in [-0.25, -0.2) is 9.78 Å². The van der Waals surface area contributed by atoms with E-state index in [9.17, 15) is 14.4 Å². The van der Waals surface area contributed by atoms with E-state index in [2.05, 4.69) is 27.2 Å². The number of urea groups is 1. The Morgan fingerprint density at radius 2 is 1.80 bits per heavy atom. The van der Waals surface area contributed by atoms with E-state index in [1.165, 1.54) is 31.0 Å². The van der Waals surface area contributed by atoms with Crippen molar-refractivity contribution >= 4 is 29.6 Å². The van der Waals surface area contributed by atoms with E-state index in [1.54, 1.807) is 0 Å². The highest BCUT2D eigenvalue weighted by Crippen LogP contribution is 2.35. The topological polar surface area (TPSA) is 96.3 Å². The summed E-state index contributed by atoms with van der Waals surface area (Å²) in [5, 5.41) is 4.52. The largest absolute Gasteiger partial charge is 0.344 e. The van der Waals surface area contributed by atoms with Gasteiger partial charge < -0.3 is 9.88 Å². The third-order valence-electron chi connectivity index (χ3n) is 6.73. The van der Waals surface area contributed by atoms with Gasteiger partial charge in [0, 0.05) is 11.7 Å². The van der Waals surface area contributed by atoms with Crippen molar-refractivity contribution in [3.8, 4) is 0 Å². The third kappa shape index (κ3) is 3.96. The summed E-state index contributed by atoms with van der Waals surface area (Å²) in [5.41, 5.74) is 3.82. The molecule has 4 rings (SSSR count). The van der Waals surface area contributed by atoms with Crippen LogP contribution in [-0.4, -0.2) is 43.7 Å². The lowest BCUT2D eigenvalue weighted by Crippen LogP contribution is -2.51. The van der Waals surface area contributed by atoms with Crippen LogP contribution in [0.3, 0.4) is 0 Å². The zero-order valence-electron chi connectivity index (χ0n) is 17.8. The van der Waals surface area contributed by atoms with Crippen molar-refractivity contribution in [3.63, 3.8) is 0 Å². The van der Waals surface area contributed by atoms with Gasteiger partial charge in [0.15, 0.2) is 5.16 Å². The van der Waals surface area contributed by atoms with Crippen LogP contribution in [0.15, 0.2) is 5.16 Å². The van der Waals surface area contributed by atoms with E-state index in [0.29, 0.717) is 18.9 Å². The second kappa shape index (κ2) is 8.61. The number of amides is 4. The predicted octanol–water partition coefficient (Wildman–Crippen LogP) is 3.38. The summed E-state index contributed by atoms with van der Waals surface area (Å²) in [6, 6.07) is -0.0988. The summed E-state index contributed by atoms with van der Waals surface area (Å²) in [6.45, 7) is 4.08. The summed E-state index contributed by atoms with van der Waals surface area (Å²) in [4.78, 5) is 42.4. The molecule has 2 saturated carbocycles. The molecule has 2 heterocycles. The van der Waals surface area contributed by atoms with Crippen molar-refractivity contribution in [1.29, 1.82) is 0 Å². The molecule has 3 aliphatic rings. The predicted molar refractivity (Wildman–Crippen MR) is 114 cm³/mol. The zero-order valence-corrected chi connectivity index (χ0v) is 18.6. The number of carbonyl (C=O) groups is 3. The van der Waals surface area contributed by atoms with Crippen molar-refractivity contribution in [2.45, 2.75) is 94.8 Å². The molecule has 1 aromatic rings. The number of rotatable bonds is 5. The Balaban J connectivity index is 1.39. The molecule has 0 unspecified atom stereocenters. The molecule has 164 valence electrons. The minimum atomic E-state index is -0.832. The minimum Gasteiger partial charge on any atom is -0.322 e. The van der Waals surface area contributed by atoms with Gasteiger partial charge in [0.25, 0.3) is 5.91 Å². The van der Waals surface area contributed by atoms with Crippen molar-refractivity contribution < 1.29 is 14.4 Å². The van der Waals surface area contributed by atoms with Gasteiger partial charge in [-0.05, 0) is 39.5 Å². The fourth-order valence-corrected chi connectivity index (χ4v) is 5.92. The van der Waals surface area contributed by atoms with Crippen LogP contribution < -0.4 is 10.7 Å². The Bertz CT molecular complexity index is 840. The smallest absolute Gasteiger partial charge is 0.322 e. The maximum absolute atomic E-state index is 12.8. The van der Waals surface area contributed by atoms with Crippen molar-refractivity contribution in [2.24, 2.45) is 0 Å². The van der Waals surface area contributed by atoms with Gasteiger partial charge in [0.1, 0.15) is 5.54 Å². The lowest BCUT2D eigenvalue weighted by molar-refractivity contribution is -0.139. The third-order valence-corrected chi connectivity index (χ3v) is 7.68. The molecule has 2 N–H and O–H groups in total. The fraction of sp³-hybridized carbons (Fsp3) is 0.714. The molecule has 0 aromatic carbocycles. The van der Waals surface area contributed by atoms with Gasteiger partial charge in [-0.15, -0.1) is 0 Å². The minimum absolute atomic E-state index is 0.104. The lowest BCUT2D eigenvalue weighted by atomic mass is 9.82. The first kappa shape index (κ1) is 21.2. The number of thioether (sulfide) groups is 1. The molecule has 2 aliphatic carbocycles. The quantitative estimate of drug-likeness (QED) is 0.548. The SMILES string of the molecule is Cc1nc(SCC(=O)NN2C(=O)NC3(CCCCC3)C2=O)n(C2CCCCC2)c1C. The molecule has 30 heavy (non-hydrogen) atoms. The van der Waals surface area contributed by atoms with Gasteiger partial charge in [-0.3, -0.25) is 15.0 Å². The van der Waals surface area contributed by atoms with Crippen LogP contribution >= 0.6 is 11.8 Å². The highest BCUT2D eigenvalue weighted by atomic mass is 32.2. The van der Waals surface area contributed by atoms with E-state index in [0.717, 1.165) is 53.7 Å². The van der Waals surface area contributed by atoms with Crippen molar-refractivity contribution in [2.75, 3.05) is 5.75 Å². The van der Waals surface area contributed by atoms with Crippen LogP contribution in [0.1, 0.15) is 81.6 Å². The maximum atomic E-state index is 12.8. The number of nitrogens with zero attached hydrogens (tertiary/aromatic N) is 3. The molecule has 3 fully saturated rings. The summed E-state index contributed by atoms with van der Waals surface area (Å²) < 4.78 is 2.27. The van der Waals surface area contributed by atoms with E-state index >= 15 is 0 Å². The van der Waals surface area contributed by atoms with Crippen molar-refractivity contribution in [1.82, 2.24) is 25.3 Å². The average Bonchev–Trinajstić information content (AvgIpc) is 3.15. The monoisotopic (exact) mass is 433 g/mol. The molecular weight excluding hydrogens is 402 g/mol. The van der Waals surface area contributed by atoms with E-state index < -0.39 is 11.6 Å². The highest BCUT2D eigenvalue weighted by Gasteiger charge is 2.52. The molecule has 1 spiro atoms. The van der Waals surface area contributed by atoms with Gasteiger partial charge >= 0.3 is 6.03 Å². The Morgan fingerprint density at radius 3 is 2.50 bits per heavy atom. The first-order chi connectivity index (χ1) is 14.4. The normalized spacial score (nSPS) is 21.9. The number of imide groups is 1. The molecule has 1 aromatic heterocycles. The molecule has 8 nitrogen and oxygen atoms in total. The van der Waals surface area contributed by atoms with E-state index in [1.807, 2.05) is 6.92 Å². The summed E-state index contributed by atoms with van der Waals surface area (Å²) >= 11 is 1.37. The van der Waals surface area contributed by atoms with Crippen LogP contribution in [0, 0.1) is 13.8 Å². The highest BCUT2D eigenvalue weighted by molar-refractivity contribution is 7.99. The second-order valence-electron chi connectivity index (χ2n) is 8.76. The lowest BCUT2D eigenvalue weighted by Gasteiger charge is -2.30. The molecule has 1 aliphatic heterocycles. The van der Waals surface area contributed by atoms with Crippen molar-refractivity contribution in [3.05, 3.63) is 11.4 Å². The van der Waals surface area contributed by atoms with Gasteiger partial charge in [0.2, 0.25) is 5.91 Å². The molecule has 1 saturated heterocycles. The number of hydrazine groups is 1. The molecule has 9 heteroatoms. The van der Waals surface area contributed by atoms with Crippen LogP contribution in [0.5, 0.6) is 0 Å². The Kier molecular flexibility index (Phi) is 6.09. The number of hydrogen-bond acceptors (Lipinski definition) is 5. The Hall–Kier alpha value is -2.03. The molecule has 0 atom stereocenters. The van der Waals surface area contributed by atoms with Gasteiger partial charge in [0.05, 0.1) is 11.4 Å². The number of aromatic nitrogens is 2. The Labute approximate surface area is 181 Å². The van der Waals surface area contributed by atoms with Crippen LogP contribution in [0.2, 0.25) is 0 Å². The molecule has 0 radical (unpaired) electrons. The summed E-state index contributed by atoms with van der Waals surface area (Å²) in [5.74, 6) is -0.599. The molecular formula is C21H31N5O3S. The Morgan fingerprint density at radius 1 is 1.13 bits per heavy atom. The van der Waals surface area contributed by atoms with Crippen LogP contribution in [-0.2, 0) is 9.59 Å². The standard InChI is InChI=1S/C21H31N5O3S/c1-14-15(2)25(16-9-5-3-6-10-16)20(22-14)30-13-17(27)24-26-18(28)21(23-19(26)29)11-7-4-8-12-21/h16H,3-13H2,1-2H3,(H,23,29)(H,24,27). The van der Waals surface area contributed by atoms with E-state index in [-0.39, 0.29) is 17.6 Å². The maximum Gasteiger partial charge on any atom is 0.344 e. The van der Waals surface area contributed by atoms with E-state index in [4.69, 9.17) is 0 Å². The van der Waals surface area contributed by atoms with Crippen LogP contribution in [0.25, 0.3) is 0 Å². The average molecular weight is 434 g/mol. The number of carbonyl (C=O) groups excluding carboxylic acids is 3. The number of imidazole rings is 1. The molecule has 4 amide bonds. The molecule has 0 bridgehead atoms. The van der Waals surface area contributed by atoms with Gasteiger partial charge in [-0.2, -0.15) is 5.01 Å². The fourth-order valence-electron chi connectivity index (χ4n) is 4.97. The summed E-state index contributed by atoms with van der Waals surface area (Å²) in [6.07, 6.45) is 10.2.